The van der Waals surface area contributed by atoms with Crippen molar-refractivity contribution < 1.29 is 0 Å². The first-order valence-electron chi connectivity index (χ1n) is 6.87. The van der Waals surface area contributed by atoms with Crippen molar-refractivity contribution in [1.29, 1.82) is 0 Å². The van der Waals surface area contributed by atoms with Crippen LogP contribution in [-0.4, -0.2) is 48.7 Å². The minimum absolute atomic E-state index is 0. The minimum atomic E-state index is -0.0568. The number of unbranched alkanes of at least 4 members (excludes halogenated alkanes) is 2. The Labute approximate surface area is 145 Å². The first-order chi connectivity index (χ1) is 9.20. The van der Waals surface area contributed by atoms with Gasteiger partial charge in [-0.15, -0.1) is 0 Å². The zero-order valence-corrected chi connectivity index (χ0v) is 12.3. The molecule has 2 aromatic heterocycles. The molecular formula is C13H21N4NaOS. The molecule has 0 unspecified atom stereocenters. The second-order valence-electron chi connectivity index (χ2n) is 4.70. The SMILES string of the molecule is CCCCn1c(=O)c2[nH]cnc2n(CCCC)c1=S.[NaH]. The molecule has 7 heteroatoms. The zero-order valence-electron chi connectivity index (χ0n) is 11.5. The van der Waals surface area contributed by atoms with Gasteiger partial charge in [-0.05, 0) is 25.1 Å². The van der Waals surface area contributed by atoms with Gasteiger partial charge in [-0.25, -0.2) is 4.98 Å². The van der Waals surface area contributed by atoms with Crippen molar-refractivity contribution in [1.82, 2.24) is 19.1 Å². The Kier molecular flexibility index (Phi) is 7.15. The monoisotopic (exact) mass is 304 g/mol. The van der Waals surface area contributed by atoms with Crippen molar-refractivity contribution in [3.63, 3.8) is 0 Å². The second kappa shape index (κ2) is 8.12. The summed E-state index contributed by atoms with van der Waals surface area (Å²) >= 11 is 5.47. The molecule has 0 spiro atoms. The van der Waals surface area contributed by atoms with Gasteiger partial charge < -0.3 is 9.55 Å². The summed E-state index contributed by atoms with van der Waals surface area (Å²) in [5, 5.41) is 0. The van der Waals surface area contributed by atoms with E-state index in [1.807, 2.05) is 4.57 Å². The molecule has 20 heavy (non-hydrogen) atoms. The van der Waals surface area contributed by atoms with Crippen LogP contribution in [0.5, 0.6) is 0 Å². The van der Waals surface area contributed by atoms with Crippen LogP contribution in [0.25, 0.3) is 11.2 Å². The summed E-state index contributed by atoms with van der Waals surface area (Å²) in [5.41, 5.74) is 1.18. The Balaban J connectivity index is 0.00000200. The van der Waals surface area contributed by atoms with Crippen LogP contribution in [0.3, 0.4) is 0 Å². The second-order valence-corrected chi connectivity index (χ2v) is 5.06. The summed E-state index contributed by atoms with van der Waals surface area (Å²) in [6.07, 6.45) is 5.67. The van der Waals surface area contributed by atoms with Crippen LogP contribution >= 0.6 is 12.2 Å². The number of aromatic amines is 1. The quantitative estimate of drug-likeness (QED) is 0.657. The molecule has 0 saturated carbocycles. The average Bonchev–Trinajstić information content (AvgIpc) is 2.88. The van der Waals surface area contributed by atoms with Crippen molar-refractivity contribution in [3.8, 4) is 0 Å². The molecular weight excluding hydrogens is 283 g/mol. The Hall–Kier alpha value is -0.430. The number of fused-ring (bicyclic) bond motifs is 1. The summed E-state index contributed by atoms with van der Waals surface area (Å²) < 4.78 is 4.25. The fraction of sp³-hybridized carbons (Fsp3) is 0.615. The molecule has 0 saturated heterocycles. The number of nitrogens with one attached hydrogen (secondary N) is 1. The number of aryl methyl sites for hydroxylation is 1. The molecule has 0 fully saturated rings. The Morgan fingerprint density at radius 1 is 1.20 bits per heavy atom. The van der Waals surface area contributed by atoms with Gasteiger partial charge in [0.1, 0.15) is 5.52 Å². The van der Waals surface area contributed by atoms with E-state index in [0.29, 0.717) is 22.5 Å². The van der Waals surface area contributed by atoms with Gasteiger partial charge in [0.05, 0.1) is 6.33 Å². The number of imidazole rings is 1. The number of aromatic nitrogens is 4. The standard InChI is InChI=1S/C13H20N4OS.Na.H/c1-3-5-7-16-11-10(14-9-15-11)12(18)17(13(16)19)8-6-4-2;;/h9H,3-8H2,1-2H3,(H,14,15);;. The zero-order chi connectivity index (χ0) is 13.8. The van der Waals surface area contributed by atoms with E-state index in [9.17, 15) is 4.79 Å². The third kappa shape index (κ3) is 3.42. The molecule has 0 aliphatic carbocycles. The van der Waals surface area contributed by atoms with Crippen molar-refractivity contribution in [2.24, 2.45) is 0 Å². The topological polar surface area (TPSA) is 55.6 Å². The van der Waals surface area contributed by atoms with E-state index in [1.165, 1.54) is 0 Å². The van der Waals surface area contributed by atoms with Crippen LogP contribution in [0.2, 0.25) is 0 Å². The van der Waals surface area contributed by atoms with E-state index >= 15 is 0 Å². The van der Waals surface area contributed by atoms with Crippen LogP contribution in [0.15, 0.2) is 11.1 Å². The molecule has 2 rings (SSSR count). The summed E-state index contributed by atoms with van der Waals surface area (Å²) in [4.78, 5) is 19.5. The van der Waals surface area contributed by atoms with Gasteiger partial charge in [-0.2, -0.15) is 0 Å². The molecule has 1 N–H and O–H groups in total. The van der Waals surface area contributed by atoms with Gasteiger partial charge in [0, 0.05) is 13.1 Å². The molecule has 2 aromatic rings. The van der Waals surface area contributed by atoms with Gasteiger partial charge in [0.25, 0.3) is 5.56 Å². The Bertz CT molecular complexity index is 673. The van der Waals surface area contributed by atoms with Crippen molar-refractivity contribution in [2.75, 3.05) is 0 Å². The van der Waals surface area contributed by atoms with Gasteiger partial charge in [0.2, 0.25) is 0 Å². The van der Waals surface area contributed by atoms with Crippen LogP contribution < -0.4 is 5.56 Å². The third-order valence-electron chi connectivity index (χ3n) is 3.27. The molecule has 0 aliphatic rings. The van der Waals surface area contributed by atoms with Crippen LogP contribution in [0.4, 0.5) is 0 Å². The predicted octanol–water partition coefficient (Wildman–Crippen LogP) is 2.21. The number of H-pyrrole nitrogens is 1. The molecule has 0 radical (unpaired) electrons. The van der Waals surface area contributed by atoms with E-state index in [4.69, 9.17) is 12.2 Å². The predicted molar refractivity (Wildman–Crippen MR) is 86.1 cm³/mol. The number of hydrogen-bond donors (Lipinski definition) is 1. The van der Waals surface area contributed by atoms with Crippen LogP contribution in [-0.2, 0) is 13.1 Å². The number of rotatable bonds is 6. The van der Waals surface area contributed by atoms with Crippen LogP contribution in [0, 0.1) is 4.77 Å². The van der Waals surface area contributed by atoms with Crippen molar-refractivity contribution in [3.05, 3.63) is 21.5 Å². The summed E-state index contributed by atoms with van der Waals surface area (Å²) in [7, 11) is 0. The molecule has 0 aromatic carbocycles. The summed E-state index contributed by atoms with van der Waals surface area (Å²) in [6.45, 7) is 5.73. The number of hydrogen-bond acceptors (Lipinski definition) is 3. The molecule has 0 atom stereocenters. The molecule has 5 nitrogen and oxygen atoms in total. The van der Waals surface area contributed by atoms with Gasteiger partial charge in [0.15, 0.2) is 10.4 Å². The average molecular weight is 304 g/mol. The van der Waals surface area contributed by atoms with E-state index in [0.717, 1.165) is 32.2 Å². The van der Waals surface area contributed by atoms with E-state index in [2.05, 4.69) is 23.8 Å². The third-order valence-corrected chi connectivity index (χ3v) is 3.71. The van der Waals surface area contributed by atoms with Crippen molar-refractivity contribution >= 4 is 52.9 Å². The first kappa shape index (κ1) is 17.6. The molecule has 106 valence electrons. The van der Waals surface area contributed by atoms with Gasteiger partial charge >= 0.3 is 29.6 Å². The van der Waals surface area contributed by atoms with Crippen LogP contribution in [0.1, 0.15) is 39.5 Å². The van der Waals surface area contributed by atoms with E-state index in [1.54, 1.807) is 10.9 Å². The number of nitrogens with zero attached hydrogens (tertiary/aromatic N) is 3. The summed E-state index contributed by atoms with van der Waals surface area (Å²) in [6, 6.07) is 0. The fourth-order valence-corrected chi connectivity index (χ4v) is 2.49. The fourth-order valence-electron chi connectivity index (χ4n) is 2.14. The molecule has 0 aliphatic heterocycles. The summed E-state index contributed by atoms with van der Waals surface area (Å²) in [5.74, 6) is 0. The first-order valence-corrected chi connectivity index (χ1v) is 7.28. The van der Waals surface area contributed by atoms with E-state index < -0.39 is 0 Å². The van der Waals surface area contributed by atoms with Crippen molar-refractivity contribution in [2.45, 2.75) is 52.6 Å². The van der Waals surface area contributed by atoms with Gasteiger partial charge in [-0.1, -0.05) is 26.7 Å². The molecule has 2 heterocycles. The molecule has 0 bridgehead atoms. The Morgan fingerprint density at radius 3 is 2.40 bits per heavy atom. The maximum absolute atomic E-state index is 12.4. The normalized spacial score (nSPS) is 10.7. The van der Waals surface area contributed by atoms with Gasteiger partial charge in [-0.3, -0.25) is 9.36 Å². The Morgan fingerprint density at radius 2 is 1.80 bits per heavy atom. The maximum atomic E-state index is 12.4. The van der Waals surface area contributed by atoms with E-state index in [-0.39, 0.29) is 35.1 Å². The molecule has 0 amide bonds.